The van der Waals surface area contributed by atoms with Gasteiger partial charge in [-0.15, -0.1) is 0 Å². The van der Waals surface area contributed by atoms with Gasteiger partial charge >= 0.3 is 6.18 Å². The van der Waals surface area contributed by atoms with Crippen molar-refractivity contribution >= 4 is 5.91 Å². The lowest BCUT2D eigenvalue weighted by molar-refractivity contribution is -0.195. The molecule has 1 rings (SSSR count). The molecule has 2 N–H and O–H groups in total. The fraction of sp³-hybridized carbons (Fsp3) is 0.900. The largest absolute Gasteiger partial charge is 0.415 e. The van der Waals surface area contributed by atoms with Gasteiger partial charge in [0.05, 0.1) is 0 Å². The van der Waals surface area contributed by atoms with Gasteiger partial charge in [-0.25, -0.2) is 0 Å². The minimum Gasteiger partial charge on any atom is -0.338 e. The SMILES string of the molecule is CC1CCCCN1C(=O)C(C)(N)C(F)(F)F. The van der Waals surface area contributed by atoms with E-state index in [-0.39, 0.29) is 6.04 Å². The molecule has 0 aromatic heterocycles. The smallest absolute Gasteiger partial charge is 0.338 e. The fourth-order valence-corrected chi connectivity index (χ4v) is 1.82. The Morgan fingerprint density at radius 2 is 1.94 bits per heavy atom. The number of hydrogen-bond acceptors (Lipinski definition) is 2. The molecule has 2 unspecified atom stereocenters. The van der Waals surface area contributed by atoms with Crippen LogP contribution in [0.3, 0.4) is 0 Å². The normalized spacial score (nSPS) is 26.4. The van der Waals surface area contributed by atoms with Crippen LogP contribution in [0.2, 0.25) is 0 Å². The third-order valence-electron chi connectivity index (χ3n) is 3.10. The lowest BCUT2D eigenvalue weighted by atomic mass is 9.96. The summed E-state index contributed by atoms with van der Waals surface area (Å²) in [4.78, 5) is 13.0. The highest BCUT2D eigenvalue weighted by Crippen LogP contribution is 2.31. The molecule has 0 spiro atoms. The van der Waals surface area contributed by atoms with Crippen LogP contribution < -0.4 is 5.73 Å². The molecular weight excluding hydrogens is 221 g/mol. The summed E-state index contributed by atoms with van der Waals surface area (Å²) in [6.45, 7) is 2.85. The molecule has 0 aliphatic carbocycles. The topological polar surface area (TPSA) is 46.3 Å². The van der Waals surface area contributed by atoms with Crippen molar-refractivity contribution in [2.45, 2.75) is 50.9 Å². The van der Waals surface area contributed by atoms with Gasteiger partial charge < -0.3 is 10.6 Å². The Morgan fingerprint density at radius 3 is 2.38 bits per heavy atom. The quantitative estimate of drug-likeness (QED) is 0.755. The minimum atomic E-state index is -4.71. The summed E-state index contributed by atoms with van der Waals surface area (Å²) in [6, 6.07) is -0.161. The number of amides is 1. The zero-order valence-corrected chi connectivity index (χ0v) is 9.47. The van der Waals surface area contributed by atoms with Gasteiger partial charge in [0.2, 0.25) is 0 Å². The molecule has 1 aliphatic heterocycles. The monoisotopic (exact) mass is 238 g/mol. The average Bonchev–Trinajstić information content (AvgIpc) is 2.15. The number of piperidine rings is 1. The van der Waals surface area contributed by atoms with E-state index in [1.807, 2.05) is 0 Å². The van der Waals surface area contributed by atoms with Crippen LogP contribution >= 0.6 is 0 Å². The molecule has 2 atom stereocenters. The first-order valence-electron chi connectivity index (χ1n) is 5.34. The second-order valence-corrected chi connectivity index (χ2v) is 4.54. The average molecular weight is 238 g/mol. The summed E-state index contributed by atoms with van der Waals surface area (Å²) in [6.07, 6.45) is -2.29. The predicted octanol–water partition coefficient (Wildman–Crippen LogP) is 1.67. The minimum absolute atomic E-state index is 0.161. The van der Waals surface area contributed by atoms with Gasteiger partial charge in [0.15, 0.2) is 5.54 Å². The Hall–Kier alpha value is -0.780. The highest BCUT2D eigenvalue weighted by atomic mass is 19.4. The zero-order valence-electron chi connectivity index (χ0n) is 9.47. The highest BCUT2D eigenvalue weighted by Gasteiger charge is 2.55. The van der Waals surface area contributed by atoms with E-state index in [2.05, 4.69) is 0 Å². The van der Waals surface area contributed by atoms with Crippen LogP contribution in [-0.2, 0) is 4.79 Å². The van der Waals surface area contributed by atoms with Crippen molar-refractivity contribution in [1.29, 1.82) is 0 Å². The van der Waals surface area contributed by atoms with Crippen LogP contribution in [0.1, 0.15) is 33.1 Å². The number of nitrogens with two attached hydrogens (primary N) is 1. The van der Waals surface area contributed by atoms with E-state index in [4.69, 9.17) is 5.73 Å². The van der Waals surface area contributed by atoms with Gasteiger partial charge in [-0.3, -0.25) is 4.79 Å². The van der Waals surface area contributed by atoms with E-state index in [9.17, 15) is 18.0 Å². The lowest BCUT2D eigenvalue weighted by Crippen LogP contribution is -2.64. The van der Waals surface area contributed by atoms with Crippen LogP contribution in [0.4, 0.5) is 13.2 Å². The molecule has 1 saturated heterocycles. The standard InChI is InChI=1S/C10H17F3N2O/c1-7-5-3-4-6-15(7)8(16)9(2,14)10(11,12)13/h7H,3-6,14H2,1-2H3. The maximum absolute atomic E-state index is 12.6. The van der Waals surface area contributed by atoms with Gasteiger partial charge in [-0.2, -0.15) is 13.2 Å². The van der Waals surface area contributed by atoms with Gasteiger partial charge in [0, 0.05) is 12.6 Å². The summed E-state index contributed by atoms with van der Waals surface area (Å²) in [5, 5.41) is 0. The van der Waals surface area contributed by atoms with Gasteiger partial charge in [0.1, 0.15) is 0 Å². The second-order valence-electron chi connectivity index (χ2n) is 4.54. The maximum Gasteiger partial charge on any atom is 0.415 e. The lowest BCUT2D eigenvalue weighted by Gasteiger charge is -2.39. The van der Waals surface area contributed by atoms with E-state index >= 15 is 0 Å². The molecule has 94 valence electrons. The Bertz CT molecular complexity index is 276. The summed E-state index contributed by atoms with van der Waals surface area (Å²) in [5.41, 5.74) is 2.34. The second kappa shape index (κ2) is 4.24. The van der Waals surface area contributed by atoms with Gasteiger partial charge in [-0.1, -0.05) is 0 Å². The molecule has 1 aliphatic rings. The molecule has 3 nitrogen and oxygen atoms in total. The molecule has 16 heavy (non-hydrogen) atoms. The Kier molecular flexibility index (Phi) is 3.52. The van der Waals surface area contributed by atoms with Crippen LogP contribution in [0.25, 0.3) is 0 Å². The molecule has 1 heterocycles. The first-order chi connectivity index (χ1) is 7.18. The third-order valence-corrected chi connectivity index (χ3v) is 3.10. The van der Waals surface area contributed by atoms with Gasteiger partial charge in [-0.05, 0) is 33.1 Å². The number of carbonyl (C=O) groups is 1. The Balaban J connectivity index is 2.84. The van der Waals surface area contributed by atoms with Crippen molar-refractivity contribution in [3.63, 3.8) is 0 Å². The Labute approximate surface area is 92.8 Å². The Morgan fingerprint density at radius 1 is 1.38 bits per heavy atom. The van der Waals surface area contributed by atoms with Crippen molar-refractivity contribution < 1.29 is 18.0 Å². The molecule has 0 bridgehead atoms. The van der Waals surface area contributed by atoms with E-state index in [1.54, 1.807) is 6.92 Å². The number of carbonyl (C=O) groups excluding carboxylic acids is 1. The molecule has 0 aromatic rings. The number of nitrogens with zero attached hydrogens (tertiary/aromatic N) is 1. The van der Waals surface area contributed by atoms with Crippen molar-refractivity contribution in [1.82, 2.24) is 4.90 Å². The summed E-state index contributed by atoms with van der Waals surface area (Å²) < 4.78 is 37.8. The van der Waals surface area contributed by atoms with Crippen LogP contribution in [-0.4, -0.2) is 35.1 Å². The summed E-state index contributed by atoms with van der Waals surface area (Å²) in [7, 11) is 0. The summed E-state index contributed by atoms with van der Waals surface area (Å²) >= 11 is 0. The molecule has 6 heteroatoms. The molecule has 0 aromatic carbocycles. The number of likely N-dealkylation sites (tertiary alicyclic amines) is 1. The number of rotatable bonds is 1. The van der Waals surface area contributed by atoms with E-state index in [1.165, 1.54) is 4.90 Å². The molecule has 0 radical (unpaired) electrons. The van der Waals surface area contributed by atoms with Crippen LogP contribution in [0, 0.1) is 0 Å². The number of halogens is 3. The number of hydrogen-bond donors (Lipinski definition) is 1. The van der Waals surface area contributed by atoms with Crippen molar-refractivity contribution in [2.75, 3.05) is 6.54 Å². The molecular formula is C10H17F3N2O. The van der Waals surface area contributed by atoms with Crippen molar-refractivity contribution in [3.8, 4) is 0 Å². The zero-order chi connectivity index (χ0) is 12.6. The third kappa shape index (κ3) is 2.31. The molecule has 0 saturated carbocycles. The predicted molar refractivity (Wildman–Crippen MR) is 53.7 cm³/mol. The highest BCUT2D eigenvalue weighted by molar-refractivity contribution is 5.87. The van der Waals surface area contributed by atoms with Crippen LogP contribution in [0.5, 0.6) is 0 Å². The molecule has 1 amide bonds. The van der Waals surface area contributed by atoms with Gasteiger partial charge in [0.25, 0.3) is 5.91 Å². The van der Waals surface area contributed by atoms with Crippen molar-refractivity contribution in [3.05, 3.63) is 0 Å². The van der Waals surface area contributed by atoms with E-state index < -0.39 is 17.6 Å². The number of alkyl halides is 3. The van der Waals surface area contributed by atoms with E-state index in [0.29, 0.717) is 6.54 Å². The first-order valence-corrected chi connectivity index (χ1v) is 5.34. The maximum atomic E-state index is 12.6. The molecule has 1 fully saturated rings. The fourth-order valence-electron chi connectivity index (χ4n) is 1.82. The summed E-state index contributed by atoms with van der Waals surface area (Å²) in [5.74, 6) is -1.02. The first kappa shape index (κ1) is 13.3. The van der Waals surface area contributed by atoms with E-state index in [0.717, 1.165) is 26.2 Å². The van der Waals surface area contributed by atoms with Crippen LogP contribution in [0.15, 0.2) is 0 Å². The van der Waals surface area contributed by atoms with Crippen molar-refractivity contribution in [2.24, 2.45) is 5.73 Å².